The molecule has 0 spiro atoms. The first kappa shape index (κ1) is 14.5. The van der Waals surface area contributed by atoms with Crippen molar-refractivity contribution in [2.24, 2.45) is 4.99 Å². The lowest BCUT2D eigenvalue weighted by atomic mass is 9.73. The van der Waals surface area contributed by atoms with Gasteiger partial charge < -0.3 is 9.31 Å². The maximum Gasteiger partial charge on any atom is 0.496 e. The first-order chi connectivity index (χ1) is 7.62. The van der Waals surface area contributed by atoms with Crippen LogP contribution < -0.4 is 0 Å². The summed E-state index contributed by atoms with van der Waals surface area (Å²) < 4.78 is 12.1. The lowest BCUT2D eigenvalue weighted by Gasteiger charge is -2.32. The predicted octanol–water partition coefficient (Wildman–Crippen LogP) is 3.04. The minimum absolute atomic E-state index is 0.299. The van der Waals surface area contributed by atoms with Gasteiger partial charge in [-0.25, -0.2) is 0 Å². The van der Waals surface area contributed by atoms with Gasteiger partial charge in [0.25, 0.3) is 0 Å². The Hall–Kier alpha value is -0.605. The van der Waals surface area contributed by atoms with Crippen molar-refractivity contribution in [1.82, 2.24) is 0 Å². The molecule has 0 amide bonds. The maximum atomic E-state index is 6.05. The zero-order chi connectivity index (χ0) is 13.4. The third kappa shape index (κ3) is 2.63. The molecule has 0 aromatic heterocycles. The topological polar surface area (TPSA) is 30.8 Å². The first-order valence-corrected chi connectivity index (χ1v) is 6.09. The quantitative estimate of drug-likeness (QED) is 0.546. The summed E-state index contributed by atoms with van der Waals surface area (Å²) in [5.74, 6) is 0. The second-order valence-electron chi connectivity index (χ2n) is 5.81. The highest BCUT2D eigenvalue weighted by molar-refractivity contribution is 6.62. The summed E-state index contributed by atoms with van der Waals surface area (Å²) in [6, 6.07) is 0. The molecule has 96 valence electrons. The van der Waals surface area contributed by atoms with Gasteiger partial charge in [0.2, 0.25) is 0 Å². The maximum absolute atomic E-state index is 6.05. The Labute approximate surface area is 105 Å². The molecule has 17 heavy (non-hydrogen) atoms. The minimum atomic E-state index is -0.311. The number of allylic oxidation sites excluding steroid dienone is 2. The van der Waals surface area contributed by atoms with Crippen LogP contribution in [0.2, 0.25) is 0 Å². The van der Waals surface area contributed by atoms with E-state index in [9.17, 15) is 0 Å². The molecule has 1 fully saturated rings. The molecule has 4 heteroatoms. The van der Waals surface area contributed by atoms with Crippen LogP contribution in [0.1, 0.15) is 48.5 Å². The van der Waals surface area contributed by atoms with Crippen LogP contribution in [0.5, 0.6) is 0 Å². The predicted molar refractivity (Wildman–Crippen MR) is 73.5 cm³/mol. The van der Waals surface area contributed by atoms with Crippen molar-refractivity contribution in [3.05, 3.63) is 11.0 Å². The zero-order valence-corrected chi connectivity index (χ0v) is 12.3. The van der Waals surface area contributed by atoms with Crippen molar-refractivity contribution in [3.63, 3.8) is 0 Å². The fourth-order valence-electron chi connectivity index (χ4n) is 1.85. The second-order valence-corrected chi connectivity index (χ2v) is 5.81. The van der Waals surface area contributed by atoms with E-state index >= 15 is 0 Å². The monoisotopic (exact) mass is 237 g/mol. The standard InChI is InChI=1S/C13H24BNO2/c1-9(2)11(10(3)15-8)14-16-12(4,5)13(6,7)17-14/h1-8H3/b15-10-. The lowest BCUT2D eigenvalue weighted by molar-refractivity contribution is 0.00578. The van der Waals surface area contributed by atoms with Crippen molar-refractivity contribution in [1.29, 1.82) is 0 Å². The van der Waals surface area contributed by atoms with E-state index in [1.54, 1.807) is 7.05 Å². The van der Waals surface area contributed by atoms with Gasteiger partial charge in [-0.05, 0) is 48.5 Å². The normalized spacial score (nSPS) is 22.8. The third-order valence-corrected chi connectivity index (χ3v) is 3.75. The molecule has 3 nitrogen and oxygen atoms in total. The molecule has 0 aromatic rings. The van der Waals surface area contributed by atoms with Crippen LogP contribution in [0, 0.1) is 0 Å². The van der Waals surface area contributed by atoms with Gasteiger partial charge >= 0.3 is 7.12 Å². The molecule has 0 bridgehead atoms. The Morgan fingerprint density at radius 2 is 1.35 bits per heavy atom. The van der Waals surface area contributed by atoms with Crippen LogP contribution in [0.3, 0.4) is 0 Å². The van der Waals surface area contributed by atoms with Crippen LogP contribution in [0.4, 0.5) is 0 Å². The van der Waals surface area contributed by atoms with Gasteiger partial charge in [-0.2, -0.15) is 0 Å². The fourth-order valence-corrected chi connectivity index (χ4v) is 1.85. The van der Waals surface area contributed by atoms with E-state index in [1.165, 1.54) is 5.57 Å². The molecule has 0 aromatic carbocycles. The molecular weight excluding hydrogens is 213 g/mol. The molecular formula is C13H24BNO2. The van der Waals surface area contributed by atoms with E-state index in [-0.39, 0.29) is 18.3 Å². The van der Waals surface area contributed by atoms with Gasteiger partial charge in [0.15, 0.2) is 0 Å². The molecule has 1 saturated heterocycles. The van der Waals surface area contributed by atoms with Crippen LogP contribution in [0.25, 0.3) is 0 Å². The Balaban J connectivity index is 3.09. The molecule has 1 aliphatic heterocycles. The average Bonchev–Trinajstić information content (AvgIpc) is 2.34. The van der Waals surface area contributed by atoms with E-state index in [0.717, 1.165) is 11.2 Å². The van der Waals surface area contributed by atoms with Gasteiger partial charge in [0, 0.05) is 18.2 Å². The molecule has 0 radical (unpaired) electrons. The summed E-state index contributed by atoms with van der Waals surface area (Å²) in [4.78, 5) is 4.25. The second kappa shape index (κ2) is 4.58. The summed E-state index contributed by atoms with van der Waals surface area (Å²) in [7, 11) is 1.48. The van der Waals surface area contributed by atoms with Gasteiger partial charge in [-0.1, -0.05) is 5.57 Å². The number of hydrogen-bond donors (Lipinski definition) is 0. The van der Waals surface area contributed by atoms with Gasteiger partial charge in [-0.3, -0.25) is 4.99 Å². The van der Waals surface area contributed by atoms with Crippen molar-refractivity contribution >= 4 is 12.8 Å². The molecule has 0 atom stereocenters. The summed E-state index contributed by atoms with van der Waals surface area (Å²) in [5.41, 5.74) is 2.62. The van der Waals surface area contributed by atoms with E-state index in [2.05, 4.69) is 46.5 Å². The van der Waals surface area contributed by atoms with Gasteiger partial charge in [-0.15, -0.1) is 0 Å². The molecule has 0 saturated carbocycles. The molecule has 1 heterocycles. The summed E-state index contributed by atoms with van der Waals surface area (Å²) in [6.07, 6.45) is 0. The van der Waals surface area contributed by atoms with Crippen molar-refractivity contribution in [2.45, 2.75) is 59.7 Å². The Bertz CT molecular complexity index is 350. The smallest absolute Gasteiger partial charge is 0.399 e. The SMILES string of the molecule is C/N=C(/C)C(B1OC(C)(C)C(C)(C)O1)=C(C)C. The minimum Gasteiger partial charge on any atom is -0.399 e. The van der Waals surface area contributed by atoms with Crippen molar-refractivity contribution in [2.75, 3.05) is 7.05 Å². The van der Waals surface area contributed by atoms with E-state index in [1.807, 2.05) is 6.92 Å². The van der Waals surface area contributed by atoms with Crippen molar-refractivity contribution in [3.8, 4) is 0 Å². The third-order valence-electron chi connectivity index (χ3n) is 3.75. The van der Waals surface area contributed by atoms with Gasteiger partial charge in [0.1, 0.15) is 0 Å². The lowest BCUT2D eigenvalue weighted by Crippen LogP contribution is -2.41. The first-order valence-electron chi connectivity index (χ1n) is 6.09. The van der Waals surface area contributed by atoms with Crippen LogP contribution in [-0.2, 0) is 9.31 Å². The molecule has 1 aliphatic rings. The number of nitrogens with zero attached hydrogens (tertiary/aromatic N) is 1. The fraction of sp³-hybridized carbons (Fsp3) is 0.769. The largest absolute Gasteiger partial charge is 0.496 e. The summed E-state index contributed by atoms with van der Waals surface area (Å²) in [5, 5.41) is 0. The number of hydrogen-bond acceptors (Lipinski definition) is 3. The highest BCUT2D eigenvalue weighted by Crippen LogP contribution is 2.39. The number of aliphatic imine (C=N–C) groups is 1. The van der Waals surface area contributed by atoms with Crippen LogP contribution in [0.15, 0.2) is 16.0 Å². The van der Waals surface area contributed by atoms with E-state index in [4.69, 9.17) is 9.31 Å². The highest BCUT2D eigenvalue weighted by atomic mass is 16.7. The molecule has 0 aliphatic carbocycles. The van der Waals surface area contributed by atoms with Crippen LogP contribution in [-0.4, -0.2) is 31.1 Å². The van der Waals surface area contributed by atoms with E-state index < -0.39 is 0 Å². The van der Waals surface area contributed by atoms with Gasteiger partial charge in [0.05, 0.1) is 11.2 Å². The van der Waals surface area contributed by atoms with E-state index in [0.29, 0.717) is 0 Å². The Morgan fingerprint density at radius 3 is 1.65 bits per heavy atom. The molecule has 1 rings (SSSR count). The Kier molecular flexibility index (Phi) is 3.89. The molecule has 0 unspecified atom stereocenters. The van der Waals surface area contributed by atoms with Crippen LogP contribution >= 0.6 is 0 Å². The zero-order valence-electron chi connectivity index (χ0n) is 12.3. The molecule has 0 N–H and O–H groups in total. The summed E-state index contributed by atoms with van der Waals surface area (Å²) >= 11 is 0. The highest BCUT2D eigenvalue weighted by Gasteiger charge is 2.52. The van der Waals surface area contributed by atoms with Crippen molar-refractivity contribution < 1.29 is 9.31 Å². The summed E-state index contributed by atoms with van der Waals surface area (Å²) in [6.45, 7) is 14.4. The average molecular weight is 237 g/mol. The number of rotatable bonds is 2. The Morgan fingerprint density at radius 1 is 0.941 bits per heavy atom.